The van der Waals surface area contributed by atoms with Gasteiger partial charge in [-0.05, 0) is 29.6 Å². The van der Waals surface area contributed by atoms with Gasteiger partial charge < -0.3 is 4.74 Å². The number of rotatable bonds is 2. The molecule has 0 radical (unpaired) electrons. The molecule has 0 aliphatic heterocycles. The van der Waals surface area contributed by atoms with Gasteiger partial charge in [-0.2, -0.15) is 0 Å². The van der Waals surface area contributed by atoms with E-state index < -0.39 is 46.0 Å². The molecule has 2 aromatic carbocycles. The van der Waals surface area contributed by atoms with Crippen molar-refractivity contribution in [2.24, 2.45) is 0 Å². The molecule has 0 unspecified atom stereocenters. The number of ether oxygens (including phenoxy) is 1. The highest BCUT2D eigenvalue weighted by Crippen LogP contribution is 2.35. The second kappa shape index (κ2) is 5.39. The zero-order valence-corrected chi connectivity index (χ0v) is 11.5. The Morgan fingerprint density at radius 1 is 0.952 bits per heavy atom. The summed E-state index contributed by atoms with van der Waals surface area (Å²) >= 11 is 0. The van der Waals surface area contributed by atoms with Crippen molar-refractivity contribution >= 4 is 13.3 Å². The molecule has 0 heterocycles. The Kier molecular flexibility index (Phi) is 3.94. The predicted octanol–water partition coefficient (Wildman–Crippen LogP) is 2.62. The summed E-state index contributed by atoms with van der Waals surface area (Å²) in [7, 11) is 2.23. The molecule has 7 heteroatoms. The van der Waals surface area contributed by atoms with Crippen molar-refractivity contribution in [1.82, 2.24) is 0 Å². The van der Waals surface area contributed by atoms with Crippen LogP contribution < -0.4 is 10.2 Å². The molecule has 0 bridgehead atoms. The van der Waals surface area contributed by atoms with E-state index in [1.54, 1.807) is 0 Å². The first-order valence-corrected chi connectivity index (χ1v) is 5.96. The molecule has 0 amide bonds. The highest BCUT2D eigenvalue weighted by molar-refractivity contribution is 6.34. The molecule has 2 rings (SSSR count). The molecule has 2 aromatic rings. The van der Waals surface area contributed by atoms with Crippen molar-refractivity contribution < 1.29 is 26.7 Å². The zero-order valence-electron chi connectivity index (χ0n) is 11.5. The molecule has 0 N–H and O–H groups in total. The average molecular weight is 300 g/mol. The van der Waals surface area contributed by atoms with Gasteiger partial charge in [0.05, 0.1) is 12.7 Å². The van der Waals surface area contributed by atoms with Crippen LogP contribution in [0.2, 0.25) is 0 Å². The molecule has 21 heavy (non-hydrogen) atoms. The van der Waals surface area contributed by atoms with E-state index in [9.17, 15) is 22.0 Å². The lowest BCUT2D eigenvalue weighted by atomic mass is 9.89. The van der Waals surface area contributed by atoms with Gasteiger partial charge in [-0.25, -0.2) is 22.0 Å². The molecular weight excluding hydrogens is 290 g/mol. The number of halogens is 5. The van der Waals surface area contributed by atoms with Gasteiger partial charge >= 0.3 is 0 Å². The quantitative estimate of drug-likeness (QED) is 0.471. The third-order valence-corrected chi connectivity index (χ3v) is 3.28. The lowest BCUT2D eigenvalue weighted by Crippen LogP contribution is -2.18. The van der Waals surface area contributed by atoms with Crippen LogP contribution in [0.1, 0.15) is 5.56 Å². The van der Waals surface area contributed by atoms with Crippen molar-refractivity contribution in [3.8, 4) is 16.9 Å². The van der Waals surface area contributed by atoms with Crippen LogP contribution in [0, 0.1) is 36.0 Å². The molecule has 0 aromatic heterocycles. The van der Waals surface area contributed by atoms with Gasteiger partial charge in [0, 0.05) is 6.07 Å². The van der Waals surface area contributed by atoms with E-state index in [-0.39, 0.29) is 11.0 Å². The first-order chi connectivity index (χ1) is 9.79. The van der Waals surface area contributed by atoms with Gasteiger partial charge in [0.1, 0.15) is 19.5 Å². The second-order valence-electron chi connectivity index (χ2n) is 4.54. The lowest BCUT2D eigenvalue weighted by Gasteiger charge is -2.15. The van der Waals surface area contributed by atoms with E-state index in [1.807, 2.05) is 0 Å². The maximum Gasteiger partial charge on any atom is 0.175 e. The topological polar surface area (TPSA) is 9.23 Å². The molecule has 0 saturated heterocycles. The molecule has 0 fully saturated rings. The minimum Gasteiger partial charge on any atom is -0.494 e. The first kappa shape index (κ1) is 15.3. The minimum atomic E-state index is -1.51. The van der Waals surface area contributed by atoms with Crippen LogP contribution in [0.4, 0.5) is 22.0 Å². The molecular formula is C14H10BF5O. The fraction of sp³-hybridized carbons (Fsp3) is 0.143. The van der Waals surface area contributed by atoms with Gasteiger partial charge in [-0.3, -0.25) is 0 Å². The average Bonchev–Trinajstić information content (AvgIpc) is 2.42. The summed E-state index contributed by atoms with van der Waals surface area (Å²) in [4.78, 5) is 0. The fourth-order valence-corrected chi connectivity index (χ4v) is 2.13. The first-order valence-electron chi connectivity index (χ1n) is 5.96. The molecule has 0 spiro atoms. The van der Waals surface area contributed by atoms with Crippen LogP contribution in [0.5, 0.6) is 5.75 Å². The normalized spacial score (nSPS) is 10.8. The molecule has 0 aliphatic rings. The Balaban J connectivity index is 2.91. The van der Waals surface area contributed by atoms with Crippen LogP contribution in [-0.2, 0) is 0 Å². The summed E-state index contributed by atoms with van der Waals surface area (Å²) in [5.41, 5.74) is -1.81. The predicted molar refractivity (Wildman–Crippen MR) is 71.1 cm³/mol. The van der Waals surface area contributed by atoms with E-state index in [2.05, 4.69) is 0 Å². The summed E-state index contributed by atoms with van der Waals surface area (Å²) < 4.78 is 73.8. The monoisotopic (exact) mass is 300 g/mol. The Hall–Kier alpha value is -2.05. The van der Waals surface area contributed by atoms with Crippen molar-refractivity contribution in [3.63, 3.8) is 0 Å². The lowest BCUT2D eigenvalue weighted by molar-refractivity contribution is 0.383. The maximum absolute atomic E-state index is 14.3. The van der Waals surface area contributed by atoms with Crippen molar-refractivity contribution in [3.05, 3.63) is 46.8 Å². The smallest absolute Gasteiger partial charge is 0.175 e. The van der Waals surface area contributed by atoms with Crippen LogP contribution in [-0.4, -0.2) is 15.0 Å². The van der Waals surface area contributed by atoms with Gasteiger partial charge in [0.15, 0.2) is 23.2 Å². The maximum atomic E-state index is 14.3. The minimum absolute atomic E-state index is 0.195. The number of hydrogen-bond acceptors (Lipinski definition) is 1. The van der Waals surface area contributed by atoms with E-state index >= 15 is 0 Å². The van der Waals surface area contributed by atoms with E-state index in [4.69, 9.17) is 4.74 Å². The van der Waals surface area contributed by atoms with Crippen LogP contribution in [0.3, 0.4) is 0 Å². The largest absolute Gasteiger partial charge is 0.494 e. The third-order valence-electron chi connectivity index (χ3n) is 3.28. The third kappa shape index (κ3) is 2.37. The van der Waals surface area contributed by atoms with E-state index in [1.165, 1.54) is 6.92 Å². The van der Waals surface area contributed by atoms with Gasteiger partial charge in [-0.15, -0.1) is 0 Å². The van der Waals surface area contributed by atoms with Crippen LogP contribution in [0.25, 0.3) is 11.1 Å². The summed E-state index contributed by atoms with van der Waals surface area (Å²) in [5.74, 6) is -6.56. The van der Waals surface area contributed by atoms with E-state index in [0.29, 0.717) is 6.07 Å². The zero-order chi connectivity index (χ0) is 15.9. The Labute approximate surface area is 118 Å². The van der Waals surface area contributed by atoms with Gasteiger partial charge in [0.2, 0.25) is 0 Å². The molecule has 0 saturated carbocycles. The summed E-state index contributed by atoms with van der Waals surface area (Å²) in [6, 6.07) is 1.32. The highest BCUT2D eigenvalue weighted by atomic mass is 19.2. The van der Waals surface area contributed by atoms with Gasteiger partial charge in [-0.1, -0.05) is 0 Å². The molecule has 110 valence electrons. The molecule has 0 atom stereocenters. The summed E-state index contributed by atoms with van der Waals surface area (Å²) in [5, 5.41) is 0. The Morgan fingerprint density at radius 3 is 2.14 bits per heavy atom. The Morgan fingerprint density at radius 2 is 1.57 bits per heavy atom. The van der Waals surface area contributed by atoms with E-state index in [0.717, 1.165) is 21.0 Å². The summed E-state index contributed by atoms with van der Waals surface area (Å²) in [6.45, 7) is 1.22. The summed E-state index contributed by atoms with van der Waals surface area (Å²) in [6.07, 6.45) is 0. The van der Waals surface area contributed by atoms with Crippen molar-refractivity contribution in [2.75, 3.05) is 7.11 Å². The van der Waals surface area contributed by atoms with Crippen LogP contribution >= 0.6 is 0 Å². The molecule has 0 aliphatic carbocycles. The van der Waals surface area contributed by atoms with Crippen molar-refractivity contribution in [1.29, 1.82) is 0 Å². The number of hydrogen-bond donors (Lipinski definition) is 0. The fourth-order valence-electron chi connectivity index (χ4n) is 2.13. The SMILES string of the molecule is Bc1c(F)c(F)c(-c2cc(F)cc(F)c2C)c(F)c1OC. The Bertz CT molecular complexity index is 730. The number of benzene rings is 2. The second-order valence-corrected chi connectivity index (χ2v) is 4.54. The van der Waals surface area contributed by atoms with Crippen LogP contribution in [0.15, 0.2) is 12.1 Å². The molecule has 1 nitrogen and oxygen atoms in total. The van der Waals surface area contributed by atoms with Gasteiger partial charge in [0.25, 0.3) is 0 Å². The standard InChI is InChI=1S/C14H10BF5O/c1-5-7(3-6(16)4-8(5)17)9-11(18)13(20)10(15)14(21-2)12(9)19/h3-4H,15H2,1-2H3. The number of methoxy groups -OCH3 is 1. The highest BCUT2D eigenvalue weighted by Gasteiger charge is 2.26. The van der Waals surface area contributed by atoms with Crippen molar-refractivity contribution in [2.45, 2.75) is 6.92 Å².